The molecule has 0 saturated heterocycles. The van der Waals surface area contributed by atoms with Crippen molar-refractivity contribution in [3.63, 3.8) is 0 Å². The number of hydrogen-bond donors (Lipinski definition) is 1. The van der Waals surface area contributed by atoms with Crippen LogP contribution in [0.2, 0.25) is 0 Å². The van der Waals surface area contributed by atoms with E-state index in [4.69, 9.17) is 17.3 Å². The van der Waals surface area contributed by atoms with Crippen LogP contribution in [0.3, 0.4) is 0 Å². The molecule has 0 spiro atoms. The van der Waals surface area contributed by atoms with Gasteiger partial charge >= 0.3 is 0 Å². The molecule has 0 unspecified atom stereocenters. The Labute approximate surface area is 129 Å². The first-order valence-corrected chi connectivity index (χ1v) is 7.28. The van der Waals surface area contributed by atoms with Crippen LogP contribution in [0.4, 0.5) is 5.82 Å². The number of nitriles is 1. The standard InChI is InChI=1S/C15H18ClN5/c1-3-11(16)6-7-19-10(2)8-14-13(9-17)15(18)21(20-14)12-4-5-12/h6-7,12H,2-5,8,18H2,1H3/b11-6+,19-7?. The minimum atomic E-state index is 0.342. The minimum absolute atomic E-state index is 0.342. The molecule has 21 heavy (non-hydrogen) atoms. The van der Waals surface area contributed by atoms with Crippen LogP contribution in [-0.2, 0) is 6.42 Å². The topological polar surface area (TPSA) is 80.0 Å². The summed E-state index contributed by atoms with van der Waals surface area (Å²) in [6.45, 7) is 5.84. The Balaban J connectivity index is 2.11. The summed E-state index contributed by atoms with van der Waals surface area (Å²) in [5.74, 6) is 0.445. The molecule has 2 rings (SSSR count). The van der Waals surface area contributed by atoms with Crippen molar-refractivity contribution >= 4 is 23.6 Å². The van der Waals surface area contributed by atoms with Crippen LogP contribution >= 0.6 is 11.6 Å². The summed E-state index contributed by atoms with van der Waals surface area (Å²) in [4.78, 5) is 4.20. The van der Waals surface area contributed by atoms with Gasteiger partial charge in [0.25, 0.3) is 0 Å². The van der Waals surface area contributed by atoms with Crippen molar-refractivity contribution in [1.29, 1.82) is 5.26 Å². The average Bonchev–Trinajstić information content (AvgIpc) is 3.24. The highest BCUT2D eigenvalue weighted by Crippen LogP contribution is 2.37. The molecule has 0 aliphatic heterocycles. The van der Waals surface area contributed by atoms with Gasteiger partial charge in [0.2, 0.25) is 0 Å². The number of allylic oxidation sites excluding steroid dienone is 3. The second kappa shape index (κ2) is 6.59. The number of aliphatic imine (C=N–C) groups is 1. The molecular weight excluding hydrogens is 286 g/mol. The molecule has 110 valence electrons. The molecule has 0 bridgehead atoms. The largest absolute Gasteiger partial charge is 0.383 e. The van der Waals surface area contributed by atoms with E-state index in [1.54, 1.807) is 17.0 Å². The van der Waals surface area contributed by atoms with Gasteiger partial charge in [-0.3, -0.25) is 4.99 Å². The molecule has 0 radical (unpaired) electrons. The third-order valence-electron chi connectivity index (χ3n) is 3.25. The maximum absolute atomic E-state index is 9.23. The molecular formula is C15H18ClN5. The average molecular weight is 304 g/mol. The van der Waals surface area contributed by atoms with E-state index in [1.165, 1.54) is 0 Å². The summed E-state index contributed by atoms with van der Waals surface area (Å²) in [5, 5.41) is 14.4. The molecule has 1 aromatic rings. The first kappa shape index (κ1) is 15.3. The van der Waals surface area contributed by atoms with Gasteiger partial charge in [0.05, 0.1) is 11.7 Å². The molecule has 0 aromatic carbocycles. The van der Waals surface area contributed by atoms with Crippen LogP contribution < -0.4 is 5.73 Å². The van der Waals surface area contributed by atoms with Gasteiger partial charge in [0.15, 0.2) is 0 Å². The van der Waals surface area contributed by atoms with Crippen molar-refractivity contribution in [3.8, 4) is 6.07 Å². The van der Waals surface area contributed by atoms with E-state index in [9.17, 15) is 5.26 Å². The van der Waals surface area contributed by atoms with Crippen molar-refractivity contribution < 1.29 is 0 Å². The molecule has 1 aliphatic carbocycles. The van der Waals surface area contributed by atoms with Gasteiger partial charge in [0, 0.05) is 23.4 Å². The Hall–Kier alpha value is -2.06. The molecule has 1 heterocycles. The maximum Gasteiger partial charge on any atom is 0.140 e. The van der Waals surface area contributed by atoms with Crippen molar-refractivity contribution in [2.45, 2.75) is 38.6 Å². The van der Waals surface area contributed by atoms with Gasteiger partial charge in [0.1, 0.15) is 17.5 Å². The Morgan fingerprint density at radius 2 is 2.38 bits per heavy atom. The van der Waals surface area contributed by atoms with Gasteiger partial charge in [-0.05, 0) is 25.3 Å². The summed E-state index contributed by atoms with van der Waals surface area (Å²) < 4.78 is 1.75. The fourth-order valence-electron chi connectivity index (χ4n) is 1.92. The molecule has 1 aromatic heterocycles. The predicted molar refractivity (Wildman–Crippen MR) is 85.2 cm³/mol. The SMILES string of the molecule is C=C(Cc1nn(C2CC2)c(N)c1C#N)N=C/C=C(/Cl)CC. The van der Waals surface area contributed by atoms with E-state index < -0.39 is 0 Å². The molecule has 1 fully saturated rings. The van der Waals surface area contributed by atoms with E-state index in [2.05, 4.69) is 22.7 Å². The Bertz CT molecular complexity index is 644. The van der Waals surface area contributed by atoms with Crippen LogP contribution in [0.5, 0.6) is 0 Å². The monoisotopic (exact) mass is 303 g/mol. The summed E-state index contributed by atoms with van der Waals surface area (Å²) in [5.41, 5.74) is 7.65. The van der Waals surface area contributed by atoms with Crippen LogP contribution in [0.1, 0.15) is 43.5 Å². The summed E-state index contributed by atoms with van der Waals surface area (Å²) in [6.07, 6.45) is 6.64. The molecule has 5 nitrogen and oxygen atoms in total. The smallest absolute Gasteiger partial charge is 0.140 e. The minimum Gasteiger partial charge on any atom is -0.383 e. The van der Waals surface area contributed by atoms with Gasteiger partial charge in [-0.1, -0.05) is 25.1 Å². The van der Waals surface area contributed by atoms with Crippen LogP contribution in [0.15, 0.2) is 28.4 Å². The van der Waals surface area contributed by atoms with E-state index in [0.717, 1.165) is 24.3 Å². The highest BCUT2D eigenvalue weighted by molar-refractivity contribution is 6.30. The fraction of sp³-hybridized carbons (Fsp3) is 0.400. The fourth-order valence-corrected chi connectivity index (χ4v) is 1.98. The third kappa shape index (κ3) is 3.73. The lowest BCUT2D eigenvalue weighted by Crippen LogP contribution is -2.02. The zero-order chi connectivity index (χ0) is 15.4. The molecule has 0 amide bonds. The quantitative estimate of drug-likeness (QED) is 0.818. The summed E-state index contributed by atoms with van der Waals surface area (Å²) in [7, 11) is 0. The van der Waals surface area contributed by atoms with E-state index in [1.807, 2.05) is 6.92 Å². The van der Waals surface area contributed by atoms with Gasteiger partial charge in [-0.15, -0.1) is 0 Å². The van der Waals surface area contributed by atoms with Gasteiger partial charge in [-0.25, -0.2) is 4.68 Å². The zero-order valence-electron chi connectivity index (χ0n) is 12.0. The number of nitrogen functional groups attached to an aromatic ring is 1. The highest BCUT2D eigenvalue weighted by Gasteiger charge is 2.29. The second-order valence-corrected chi connectivity index (χ2v) is 5.47. The molecule has 1 saturated carbocycles. The lowest BCUT2D eigenvalue weighted by Gasteiger charge is -1.98. The van der Waals surface area contributed by atoms with Crippen molar-refractivity contribution in [2.24, 2.45) is 4.99 Å². The van der Waals surface area contributed by atoms with Gasteiger partial charge in [-0.2, -0.15) is 10.4 Å². The molecule has 1 aliphatic rings. The Morgan fingerprint density at radius 1 is 1.67 bits per heavy atom. The maximum atomic E-state index is 9.23. The lowest BCUT2D eigenvalue weighted by molar-refractivity contribution is 0.641. The van der Waals surface area contributed by atoms with E-state index >= 15 is 0 Å². The number of nitrogens with two attached hydrogens (primary N) is 1. The predicted octanol–water partition coefficient (Wildman–Crippen LogP) is 3.33. The van der Waals surface area contributed by atoms with Crippen molar-refractivity contribution in [1.82, 2.24) is 9.78 Å². The number of rotatable bonds is 6. The second-order valence-electron chi connectivity index (χ2n) is 4.98. The first-order valence-electron chi connectivity index (χ1n) is 6.90. The first-order chi connectivity index (χ1) is 10.1. The highest BCUT2D eigenvalue weighted by atomic mass is 35.5. The third-order valence-corrected chi connectivity index (χ3v) is 3.64. The molecule has 2 N–H and O–H groups in total. The summed E-state index contributed by atoms with van der Waals surface area (Å²) in [6, 6.07) is 2.46. The van der Waals surface area contributed by atoms with Crippen LogP contribution in [0, 0.1) is 11.3 Å². The van der Waals surface area contributed by atoms with E-state index in [-0.39, 0.29) is 0 Å². The Morgan fingerprint density at radius 3 is 2.95 bits per heavy atom. The zero-order valence-corrected chi connectivity index (χ0v) is 12.8. The van der Waals surface area contributed by atoms with E-state index in [0.29, 0.717) is 35.2 Å². The van der Waals surface area contributed by atoms with Crippen LogP contribution in [0.25, 0.3) is 0 Å². The normalized spacial score (nSPS) is 15.4. The number of nitrogens with zero attached hydrogens (tertiary/aromatic N) is 4. The van der Waals surface area contributed by atoms with Crippen molar-refractivity contribution in [2.75, 3.05) is 5.73 Å². The number of halogens is 1. The lowest BCUT2D eigenvalue weighted by atomic mass is 10.1. The molecule has 6 heteroatoms. The number of aromatic nitrogens is 2. The van der Waals surface area contributed by atoms with Gasteiger partial charge < -0.3 is 5.73 Å². The Kier molecular flexibility index (Phi) is 4.81. The number of hydrogen-bond acceptors (Lipinski definition) is 4. The van der Waals surface area contributed by atoms with Crippen LogP contribution in [-0.4, -0.2) is 16.0 Å². The van der Waals surface area contributed by atoms with Crippen molar-refractivity contribution in [3.05, 3.63) is 34.6 Å². The summed E-state index contributed by atoms with van der Waals surface area (Å²) >= 11 is 5.89. The number of anilines is 1. The molecule has 0 atom stereocenters.